The highest BCUT2D eigenvalue weighted by Gasteiger charge is 2.26. The SMILES string of the molecule is CNc1cnc(C(C)(F)F)cc1Br. The molecule has 0 aliphatic rings. The molecule has 0 radical (unpaired) electrons. The van der Waals surface area contributed by atoms with Gasteiger partial charge in [0.15, 0.2) is 0 Å². The molecular weight excluding hydrogens is 242 g/mol. The highest BCUT2D eigenvalue weighted by atomic mass is 79.9. The largest absolute Gasteiger partial charge is 0.386 e. The van der Waals surface area contributed by atoms with Gasteiger partial charge in [0.05, 0.1) is 11.9 Å². The third-order valence-electron chi connectivity index (χ3n) is 1.57. The van der Waals surface area contributed by atoms with Crippen LogP contribution in [0, 0.1) is 0 Å². The second-order valence-corrected chi connectivity index (χ2v) is 3.54. The molecule has 0 aliphatic heterocycles. The van der Waals surface area contributed by atoms with E-state index in [0.717, 1.165) is 6.92 Å². The van der Waals surface area contributed by atoms with E-state index in [1.54, 1.807) is 7.05 Å². The summed E-state index contributed by atoms with van der Waals surface area (Å²) >= 11 is 3.16. The number of halogens is 3. The molecule has 1 aromatic heterocycles. The summed E-state index contributed by atoms with van der Waals surface area (Å²) in [7, 11) is 1.70. The van der Waals surface area contributed by atoms with E-state index in [1.807, 2.05) is 0 Å². The van der Waals surface area contributed by atoms with Gasteiger partial charge < -0.3 is 5.32 Å². The van der Waals surface area contributed by atoms with Gasteiger partial charge in [0.25, 0.3) is 5.92 Å². The molecule has 1 rings (SSSR count). The van der Waals surface area contributed by atoms with Crippen LogP contribution in [0.2, 0.25) is 0 Å². The van der Waals surface area contributed by atoms with Crippen LogP contribution in [-0.2, 0) is 5.92 Å². The van der Waals surface area contributed by atoms with Crippen LogP contribution in [0.15, 0.2) is 16.7 Å². The Morgan fingerprint density at radius 2 is 2.15 bits per heavy atom. The van der Waals surface area contributed by atoms with Crippen molar-refractivity contribution in [2.45, 2.75) is 12.8 Å². The van der Waals surface area contributed by atoms with E-state index in [-0.39, 0.29) is 5.69 Å². The average Bonchev–Trinajstić information content (AvgIpc) is 2.02. The Morgan fingerprint density at radius 1 is 1.54 bits per heavy atom. The van der Waals surface area contributed by atoms with Crippen LogP contribution in [0.25, 0.3) is 0 Å². The molecule has 0 atom stereocenters. The summed E-state index contributed by atoms with van der Waals surface area (Å²) < 4.78 is 26.1. The number of hydrogen-bond acceptors (Lipinski definition) is 2. The molecule has 1 N–H and O–H groups in total. The summed E-state index contributed by atoms with van der Waals surface area (Å²) in [5.41, 5.74) is 0.450. The molecule has 72 valence electrons. The second-order valence-electron chi connectivity index (χ2n) is 2.69. The number of aromatic nitrogens is 1. The van der Waals surface area contributed by atoms with Gasteiger partial charge in [-0.05, 0) is 22.0 Å². The maximum Gasteiger partial charge on any atom is 0.287 e. The number of pyridine rings is 1. The molecule has 0 amide bonds. The molecule has 0 bridgehead atoms. The quantitative estimate of drug-likeness (QED) is 0.873. The second kappa shape index (κ2) is 3.57. The lowest BCUT2D eigenvalue weighted by Gasteiger charge is -2.11. The van der Waals surface area contributed by atoms with E-state index in [2.05, 4.69) is 26.2 Å². The van der Waals surface area contributed by atoms with Crippen molar-refractivity contribution >= 4 is 21.6 Å². The standard InChI is InChI=1S/C8H9BrF2N2/c1-8(10,11)7-3-5(9)6(12-2)4-13-7/h3-4,12H,1-2H3. The summed E-state index contributed by atoms with van der Waals surface area (Å²) in [6.07, 6.45) is 1.37. The van der Waals surface area contributed by atoms with Crippen molar-refractivity contribution in [1.29, 1.82) is 0 Å². The Balaban J connectivity index is 3.10. The van der Waals surface area contributed by atoms with E-state index in [1.165, 1.54) is 12.3 Å². The maximum absolute atomic E-state index is 12.8. The first kappa shape index (κ1) is 10.4. The molecule has 0 spiro atoms. The number of anilines is 1. The summed E-state index contributed by atoms with van der Waals surface area (Å²) in [6.45, 7) is 0.820. The zero-order valence-corrected chi connectivity index (χ0v) is 8.82. The molecule has 0 aliphatic carbocycles. The summed E-state index contributed by atoms with van der Waals surface area (Å²) in [5, 5.41) is 2.82. The van der Waals surface area contributed by atoms with Crippen molar-refractivity contribution in [3.63, 3.8) is 0 Å². The number of rotatable bonds is 2. The number of nitrogens with zero attached hydrogens (tertiary/aromatic N) is 1. The lowest BCUT2D eigenvalue weighted by Crippen LogP contribution is -2.09. The highest BCUT2D eigenvalue weighted by Crippen LogP contribution is 2.30. The predicted molar refractivity (Wildman–Crippen MR) is 51.1 cm³/mol. The molecule has 0 fully saturated rings. The van der Waals surface area contributed by atoms with E-state index < -0.39 is 5.92 Å². The molecule has 1 aromatic rings. The third kappa shape index (κ3) is 2.37. The Hall–Kier alpha value is -0.710. The van der Waals surface area contributed by atoms with Gasteiger partial charge in [0.1, 0.15) is 5.69 Å². The molecule has 2 nitrogen and oxygen atoms in total. The van der Waals surface area contributed by atoms with Crippen LogP contribution in [0.5, 0.6) is 0 Å². The third-order valence-corrected chi connectivity index (χ3v) is 2.23. The molecule has 0 aromatic carbocycles. The molecule has 0 unspecified atom stereocenters. The lowest BCUT2D eigenvalue weighted by atomic mass is 10.2. The fraction of sp³-hybridized carbons (Fsp3) is 0.375. The zero-order chi connectivity index (χ0) is 10.1. The highest BCUT2D eigenvalue weighted by molar-refractivity contribution is 9.10. The minimum atomic E-state index is -2.89. The monoisotopic (exact) mass is 250 g/mol. The zero-order valence-electron chi connectivity index (χ0n) is 7.24. The fourth-order valence-corrected chi connectivity index (χ4v) is 1.37. The minimum absolute atomic E-state index is 0.238. The van der Waals surface area contributed by atoms with Crippen LogP contribution < -0.4 is 5.32 Å². The van der Waals surface area contributed by atoms with Crippen molar-refractivity contribution in [3.05, 3.63) is 22.4 Å². The molecule has 0 saturated carbocycles. The van der Waals surface area contributed by atoms with Crippen molar-refractivity contribution in [3.8, 4) is 0 Å². The van der Waals surface area contributed by atoms with E-state index in [4.69, 9.17) is 0 Å². The van der Waals surface area contributed by atoms with Crippen molar-refractivity contribution in [1.82, 2.24) is 4.98 Å². The summed E-state index contributed by atoms with van der Waals surface area (Å²) in [4.78, 5) is 3.64. The topological polar surface area (TPSA) is 24.9 Å². The van der Waals surface area contributed by atoms with Gasteiger partial charge in [0.2, 0.25) is 0 Å². The van der Waals surface area contributed by atoms with Crippen LogP contribution in [-0.4, -0.2) is 12.0 Å². The average molecular weight is 251 g/mol. The van der Waals surface area contributed by atoms with E-state index in [9.17, 15) is 8.78 Å². The van der Waals surface area contributed by atoms with Crippen LogP contribution in [0.1, 0.15) is 12.6 Å². The first-order valence-corrected chi connectivity index (χ1v) is 4.46. The molecule has 5 heteroatoms. The molecule has 0 saturated heterocycles. The Kier molecular flexibility index (Phi) is 2.85. The van der Waals surface area contributed by atoms with Crippen LogP contribution in [0.3, 0.4) is 0 Å². The van der Waals surface area contributed by atoms with E-state index >= 15 is 0 Å². The Morgan fingerprint density at radius 3 is 2.54 bits per heavy atom. The Labute approximate surface area is 83.5 Å². The van der Waals surface area contributed by atoms with Gasteiger partial charge in [-0.1, -0.05) is 0 Å². The van der Waals surface area contributed by atoms with Crippen molar-refractivity contribution < 1.29 is 8.78 Å². The summed E-state index contributed by atoms with van der Waals surface area (Å²) in [5.74, 6) is -2.89. The van der Waals surface area contributed by atoms with Crippen molar-refractivity contribution in [2.75, 3.05) is 12.4 Å². The lowest BCUT2D eigenvalue weighted by molar-refractivity contribution is 0.0127. The fourth-order valence-electron chi connectivity index (χ4n) is 0.855. The maximum atomic E-state index is 12.8. The molecule has 1 heterocycles. The number of alkyl halides is 2. The molecular formula is C8H9BrF2N2. The smallest absolute Gasteiger partial charge is 0.287 e. The van der Waals surface area contributed by atoms with E-state index in [0.29, 0.717) is 10.2 Å². The van der Waals surface area contributed by atoms with Crippen LogP contribution in [0.4, 0.5) is 14.5 Å². The van der Waals surface area contributed by atoms with Gasteiger partial charge in [-0.2, -0.15) is 8.78 Å². The normalized spacial score (nSPS) is 11.5. The predicted octanol–water partition coefficient (Wildman–Crippen LogP) is 3.00. The number of hydrogen-bond donors (Lipinski definition) is 1. The van der Waals surface area contributed by atoms with Crippen LogP contribution >= 0.6 is 15.9 Å². The minimum Gasteiger partial charge on any atom is -0.386 e. The van der Waals surface area contributed by atoms with Gasteiger partial charge in [-0.15, -0.1) is 0 Å². The van der Waals surface area contributed by atoms with Gasteiger partial charge in [-0.3, -0.25) is 4.98 Å². The van der Waals surface area contributed by atoms with Gasteiger partial charge >= 0.3 is 0 Å². The first-order chi connectivity index (χ1) is 5.95. The first-order valence-electron chi connectivity index (χ1n) is 3.66. The Bertz CT molecular complexity index is 310. The van der Waals surface area contributed by atoms with Gasteiger partial charge in [0, 0.05) is 18.4 Å². The number of nitrogens with one attached hydrogen (secondary N) is 1. The molecule has 13 heavy (non-hydrogen) atoms. The summed E-state index contributed by atoms with van der Waals surface area (Å²) in [6, 6.07) is 1.31. The van der Waals surface area contributed by atoms with Gasteiger partial charge in [-0.25, -0.2) is 0 Å². The van der Waals surface area contributed by atoms with Crippen molar-refractivity contribution in [2.24, 2.45) is 0 Å².